The van der Waals surface area contributed by atoms with Gasteiger partial charge in [0.1, 0.15) is 0 Å². The van der Waals surface area contributed by atoms with Crippen molar-refractivity contribution in [1.82, 2.24) is 4.90 Å². The summed E-state index contributed by atoms with van der Waals surface area (Å²) in [5.41, 5.74) is 15.7. The summed E-state index contributed by atoms with van der Waals surface area (Å²) in [6.07, 6.45) is 1.07. The minimum absolute atomic E-state index is 0.365. The lowest BCUT2D eigenvalue weighted by Crippen LogP contribution is -2.20. The fraction of sp³-hybridized carbons (Fsp3) is 0.294. The van der Waals surface area contributed by atoms with Crippen molar-refractivity contribution in [2.45, 2.75) is 18.9 Å². The van der Waals surface area contributed by atoms with Crippen LogP contribution in [0.5, 0.6) is 0 Å². The van der Waals surface area contributed by atoms with Gasteiger partial charge in [-0.2, -0.15) is 0 Å². The summed E-state index contributed by atoms with van der Waals surface area (Å²) in [4.78, 5) is 2.44. The molecule has 3 rings (SSSR count). The van der Waals surface area contributed by atoms with Gasteiger partial charge < -0.3 is 11.5 Å². The molecule has 1 fully saturated rings. The van der Waals surface area contributed by atoms with Crippen LogP contribution >= 0.6 is 11.6 Å². The van der Waals surface area contributed by atoms with E-state index in [-0.39, 0.29) is 0 Å². The molecular formula is C17H20ClN3. The Morgan fingerprint density at radius 2 is 1.76 bits per heavy atom. The zero-order valence-electron chi connectivity index (χ0n) is 11.9. The molecule has 4 heteroatoms. The van der Waals surface area contributed by atoms with E-state index in [2.05, 4.69) is 29.2 Å². The Kier molecular flexibility index (Phi) is 4.04. The molecule has 110 valence electrons. The lowest BCUT2D eigenvalue weighted by atomic mass is 9.96. The van der Waals surface area contributed by atoms with E-state index >= 15 is 0 Å². The van der Waals surface area contributed by atoms with Gasteiger partial charge in [-0.1, -0.05) is 41.9 Å². The van der Waals surface area contributed by atoms with Crippen molar-refractivity contribution in [1.29, 1.82) is 0 Å². The Labute approximate surface area is 130 Å². The standard InChI is InChI=1S/C17H20ClN3/c18-17-15(20)7-6-14(19)16(17)13-8-9-21(11-13)10-12-4-2-1-3-5-12/h1-7,13H,8-11,19-20H2. The van der Waals surface area contributed by atoms with Crippen LogP contribution in [0.1, 0.15) is 23.5 Å². The van der Waals surface area contributed by atoms with Gasteiger partial charge in [0.25, 0.3) is 0 Å². The van der Waals surface area contributed by atoms with Crippen LogP contribution in [0.2, 0.25) is 5.02 Å². The summed E-state index contributed by atoms with van der Waals surface area (Å²) < 4.78 is 0. The maximum absolute atomic E-state index is 6.36. The summed E-state index contributed by atoms with van der Waals surface area (Å²) >= 11 is 6.36. The van der Waals surface area contributed by atoms with E-state index < -0.39 is 0 Å². The molecular weight excluding hydrogens is 282 g/mol. The zero-order valence-corrected chi connectivity index (χ0v) is 12.7. The number of nitrogens with zero attached hydrogens (tertiary/aromatic N) is 1. The van der Waals surface area contributed by atoms with E-state index in [9.17, 15) is 0 Å². The fourth-order valence-electron chi connectivity index (χ4n) is 3.09. The first kappa shape index (κ1) is 14.2. The van der Waals surface area contributed by atoms with Crippen molar-refractivity contribution in [3.8, 4) is 0 Å². The smallest absolute Gasteiger partial charge is 0.0691 e. The van der Waals surface area contributed by atoms with Crippen molar-refractivity contribution < 1.29 is 0 Å². The van der Waals surface area contributed by atoms with Crippen LogP contribution in [0.3, 0.4) is 0 Å². The molecule has 3 nitrogen and oxygen atoms in total. The number of rotatable bonds is 3. The third kappa shape index (κ3) is 2.99. The Hall–Kier alpha value is -1.71. The molecule has 0 aromatic heterocycles. The number of nitrogen functional groups attached to an aromatic ring is 2. The normalized spacial score (nSPS) is 19.0. The van der Waals surface area contributed by atoms with E-state index in [1.807, 2.05) is 12.1 Å². The molecule has 1 heterocycles. The van der Waals surface area contributed by atoms with Crippen LogP contribution in [-0.4, -0.2) is 18.0 Å². The second-order valence-electron chi connectivity index (χ2n) is 5.68. The Balaban J connectivity index is 1.74. The summed E-state index contributed by atoms with van der Waals surface area (Å²) in [6.45, 7) is 3.00. The van der Waals surface area contributed by atoms with Gasteiger partial charge in [-0.25, -0.2) is 0 Å². The average Bonchev–Trinajstić information content (AvgIpc) is 2.93. The summed E-state index contributed by atoms with van der Waals surface area (Å²) in [7, 11) is 0. The molecule has 1 aliphatic rings. The molecule has 4 N–H and O–H groups in total. The number of anilines is 2. The number of nitrogens with two attached hydrogens (primary N) is 2. The molecule has 0 aliphatic carbocycles. The van der Waals surface area contributed by atoms with Crippen LogP contribution in [-0.2, 0) is 6.54 Å². The second-order valence-corrected chi connectivity index (χ2v) is 6.06. The van der Waals surface area contributed by atoms with Gasteiger partial charge >= 0.3 is 0 Å². The van der Waals surface area contributed by atoms with Crippen LogP contribution < -0.4 is 11.5 Å². The van der Waals surface area contributed by atoms with Gasteiger partial charge in [-0.3, -0.25) is 4.90 Å². The molecule has 2 aromatic rings. The van der Waals surface area contributed by atoms with E-state index in [0.717, 1.165) is 37.3 Å². The second kappa shape index (κ2) is 5.96. The van der Waals surface area contributed by atoms with Gasteiger partial charge in [0.05, 0.1) is 10.7 Å². The average molecular weight is 302 g/mol. The largest absolute Gasteiger partial charge is 0.398 e. The SMILES string of the molecule is Nc1ccc(N)c(C2CCN(Cc3ccccc3)C2)c1Cl. The summed E-state index contributed by atoms with van der Waals surface area (Å²) in [6, 6.07) is 14.2. The zero-order chi connectivity index (χ0) is 14.8. The molecule has 2 aromatic carbocycles. The first-order valence-electron chi connectivity index (χ1n) is 7.25. The number of halogens is 1. The van der Waals surface area contributed by atoms with Crippen molar-refractivity contribution >= 4 is 23.0 Å². The summed E-state index contributed by atoms with van der Waals surface area (Å²) in [5, 5.41) is 0.626. The molecule has 0 radical (unpaired) electrons. The minimum atomic E-state index is 0.365. The van der Waals surface area contributed by atoms with E-state index in [0.29, 0.717) is 16.6 Å². The van der Waals surface area contributed by atoms with Crippen molar-refractivity contribution in [2.75, 3.05) is 24.6 Å². The first-order chi connectivity index (χ1) is 10.1. The third-order valence-electron chi connectivity index (χ3n) is 4.17. The topological polar surface area (TPSA) is 55.3 Å². The van der Waals surface area contributed by atoms with Gasteiger partial charge in [0.15, 0.2) is 0 Å². The molecule has 1 unspecified atom stereocenters. The maximum Gasteiger partial charge on any atom is 0.0691 e. The van der Waals surface area contributed by atoms with Gasteiger partial charge in [0.2, 0.25) is 0 Å². The highest BCUT2D eigenvalue weighted by atomic mass is 35.5. The summed E-state index contributed by atoms with van der Waals surface area (Å²) in [5.74, 6) is 0.365. The Morgan fingerprint density at radius 3 is 2.52 bits per heavy atom. The van der Waals surface area contributed by atoms with Crippen LogP contribution in [0.25, 0.3) is 0 Å². The predicted octanol–water partition coefficient (Wildman–Crippen LogP) is 3.49. The molecule has 1 aliphatic heterocycles. The highest BCUT2D eigenvalue weighted by Crippen LogP contribution is 2.39. The molecule has 21 heavy (non-hydrogen) atoms. The van der Waals surface area contributed by atoms with Gasteiger partial charge in [0, 0.05) is 30.3 Å². The van der Waals surface area contributed by atoms with Crippen LogP contribution in [0.4, 0.5) is 11.4 Å². The van der Waals surface area contributed by atoms with Crippen molar-refractivity contribution in [2.24, 2.45) is 0 Å². The lowest BCUT2D eigenvalue weighted by Gasteiger charge is -2.18. The van der Waals surface area contributed by atoms with Crippen molar-refractivity contribution in [3.63, 3.8) is 0 Å². The quantitative estimate of drug-likeness (QED) is 0.853. The first-order valence-corrected chi connectivity index (χ1v) is 7.62. The van der Waals surface area contributed by atoms with Gasteiger partial charge in [-0.15, -0.1) is 0 Å². The van der Waals surface area contributed by atoms with E-state index in [4.69, 9.17) is 23.1 Å². The lowest BCUT2D eigenvalue weighted by molar-refractivity contribution is 0.327. The maximum atomic E-state index is 6.36. The minimum Gasteiger partial charge on any atom is -0.398 e. The number of hydrogen-bond donors (Lipinski definition) is 2. The van der Waals surface area contributed by atoms with Crippen molar-refractivity contribution in [3.05, 3.63) is 58.6 Å². The highest BCUT2D eigenvalue weighted by Gasteiger charge is 2.27. The number of hydrogen-bond acceptors (Lipinski definition) is 3. The van der Waals surface area contributed by atoms with Crippen LogP contribution in [0.15, 0.2) is 42.5 Å². The van der Waals surface area contributed by atoms with Crippen LogP contribution in [0, 0.1) is 0 Å². The fourth-order valence-corrected chi connectivity index (χ4v) is 3.42. The number of benzene rings is 2. The molecule has 0 bridgehead atoms. The van der Waals surface area contributed by atoms with E-state index in [1.54, 1.807) is 6.07 Å². The van der Waals surface area contributed by atoms with Gasteiger partial charge in [-0.05, 0) is 30.7 Å². The predicted molar refractivity (Wildman–Crippen MR) is 89.4 cm³/mol. The molecule has 0 spiro atoms. The monoisotopic (exact) mass is 301 g/mol. The molecule has 1 atom stereocenters. The molecule has 0 saturated carbocycles. The Morgan fingerprint density at radius 1 is 1.05 bits per heavy atom. The molecule has 0 amide bonds. The molecule has 1 saturated heterocycles. The van der Waals surface area contributed by atoms with E-state index in [1.165, 1.54) is 5.56 Å². The third-order valence-corrected chi connectivity index (χ3v) is 4.59. The Bertz CT molecular complexity index is 627. The number of likely N-dealkylation sites (tertiary alicyclic amines) is 1. The highest BCUT2D eigenvalue weighted by molar-refractivity contribution is 6.34.